The molecule has 0 bridgehead atoms. The molecule has 6 heteroatoms. The van der Waals surface area contributed by atoms with E-state index in [1.807, 2.05) is 41.8 Å². The Morgan fingerprint density at radius 1 is 1.00 bits per heavy atom. The third-order valence-corrected chi connectivity index (χ3v) is 6.59. The zero-order valence-corrected chi connectivity index (χ0v) is 18.3. The van der Waals surface area contributed by atoms with Crippen LogP contribution >= 0.6 is 11.6 Å². The Labute approximate surface area is 190 Å². The molecule has 1 aliphatic rings. The molecule has 1 aliphatic carbocycles. The average Bonchev–Trinajstić information content (AvgIpc) is 3.18. The van der Waals surface area contributed by atoms with E-state index >= 15 is 0 Å². The van der Waals surface area contributed by atoms with Crippen molar-refractivity contribution in [2.75, 3.05) is 0 Å². The van der Waals surface area contributed by atoms with E-state index in [4.69, 9.17) is 21.6 Å². The first-order chi connectivity index (χ1) is 15.5. The van der Waals surface area contributed by atoms with Crippen LogP contribution in [0.15, 0.2) is 73.1 Å². The Balaban J connectivity index is 1.50. The molecule has 3 heterocycles. The highest BCUT2D eigenvalue weighted by Crippen LogP contribution is 2.45. The normalized spacial score (nSPS) is 20.5. The number of hydrogen-bond donors (Lipinski definition) is 1. The Morgan fingerprint density at radius 3 is 2.56 bits per heavy atom. The Kier molecular flexibility index (Phi) is 4.32. The van der Waals surface area contributed by atoms with E-state index in [-0.39, 0.29) is 5.92 Å². The van der Waals surface area contributed by atoms with E-state index in [9.17, 15) is 5.11 Å². The summed E-state index contributed by atoms with van der Waals surface area (Å²) in [5.41, 5.74) is 4.81. The molecule has 0 unspecified atom stereocenters. The summed E-state index contributed by atoms with van der Waals surface area (Å²) >= 11 is 6.53. The van der Waals surface area contributed by atoms with Crippen molar-refractivity contribution in [3.63, 3.8) is 0 Å². The summed E-state index contributed by atoms with van der Waals surface area (Å²) in [5.74, 6) is 1.10. The van der Waals surface area contributed by atoms with E-state index in [0.717, 1.165) is 44.8 Å². The second-order valence-electron chi connectivity index (χ2n) is 8.83. The van der Waals surface area contributed by atoms with Gasteiger partial charge >= 0.3 is 0 Å². The standard InChI is InChI=1S/C26H21ClN4O/c1-26(32)14-19(15-26)25-30-22(23-24(27)28-11-12-31(23)25)18-8-7-17-9-10-20(29-21(17)13-18)16-5-3-2-4-6-16/h2-13,19,32H,14-15H2,1H3/t19-,26+. The molecule has 1 saturated carbocycles. The highest BCUT2D eigenvalue weighted by Gasteiger charge is 2.41. The third kappa shape index (κ3) is 3.17. The van der Waals surface area contributed by atoms with Gasteiger partial charge in [-0.25, -0.2) is 15.0 Å². The Morgan fingerprint density at radius 2 is 1.78 bits per heavy atom. The predicted molar refractivity (Wildman–Crippen MR) is 127 cm³/mol. The van der Waals surface area contributed by atoms with E-state index in [0.29, 0.717) is 18.0 Å². The van der Waals surface area contributed by atoms with Crippen LogP contribution in [0.5, 0.6) is 0 Å². The second-order valence-corrected chi connectivity index (χ2v) is 9.19. The van der Waals surface area contributed by atoms with Crippen LogP contribution in [0.1, 0.15) is 31.5 Å². The zero-order valence-electron chi connectivity index (χ0n) is 17.5. The van der Waals surface area contributed by atoms with Gasteiger partial charge in [-0.2, -0.15) is 0 Å². The summed E-state index contributed by atoms with van der Waals surface area (Å²) in [5, 5.41) is 11.7. The second kappa shape index (κ2) is 7.12. The smallest absolute Gasteiger partial charge is 0.155 e. The number of fused-ring (bicyclic) bond motifs is 2. The van der Waals surface area contributed by atoms with Crippen molar-refractivity contribution >= 4 is 28.0 Å². The minimum atomic E-state index is -0.631. The third-order valence-electron chi connectivity index (χ3n) is 6.31. The molecule has 5 nitrogen and oxygen atoms in total. The van der Waals surface area contributed by atoms with Gasteiger partial charge in [0.2, 0.25) is 0 Å². The van der Waals surface area contributed by atoms with Gasteiger partial charge < -0.3 is 5.11 Å². The van der Waals surface area contributed by atoms with Gasteiger partial charge in [-0.15, -0.1) is 0 Å². The van der Waals surface area contributed by atoms with Crippen LogP contribution < -0.4 is 0 Å². The number of benzene rings is 2. The highest BCUT2D eigenvalue weighted by atomic mass is 35.5. The minimum Gasteiger partial charge on any atom is -0.390 e. The molecular formula is C26H21ClN4O. The molecular weight excluding hydrogens is 420 g/mol. The lowest BCUT2D eigenvalue weighted by molar-refractivity contribution is -0.0335. The molecule has 5 aromatic rings. The van der Waals surface area contributed by atoms with Crippen molar-refractivity contribution in [1.29, 1.82) is 0 Å². The highest BCUT2D eigenvalue weighted by molar-refractivity contribution is 6.33. The summed E-state index contributed by atoms with van der Waals surface area (Å²) in [6.07, 6.45) is 4.96. The predicted octanol–water partition coefficient (Wildman–Crippen LogP) is 5.89. The van der Waals surface area contributed by atoms with Gasteiger partial charge in [-0.05, 0) is 31.9 Å². The zero-order chi connectivity index (χ0) is 21.9. The molecule has 6 rings (SSSR count). The van der Waals surface area contributed by atoms with Crippen LogP contribution in [0.2, 0.25) is 5.15 Å². The fraction of sp³-hybridized carbons (Fsp3) is 0.192. The fourth-order valence-electron chi connectivity index (χ4n) is 4.73. The van der Waals surface area contributed by atoms with Gasteiger partial charge in [-0.1, -0.05) is 60.1 Å². The van der Waals surface area contributed by atoms with Gasteiger partial charge in [0.25, 0.3) is 0 Å². The van der Waals surface area contributed by atoms with Gasteiger partial charge in [0.05, 0.1) is 22.5 Å². The van der Waals surface area contributed by atoms with E-state index in [2.05, 4.69) is 41.4 Å². The number of hydrogen-bond acceptors (Lipinski definition) is 4. The lowest BCUT2D eigenvalue weighted by Crippen LogP contribution is -2.40. The summed E-state index contributed by atoms with van der Waals surface area (Å²) in [6.45, 7) is 1.87. The molecule has 3 aromatic heterocycles. The number of rotatable bonds is 3. The van der Waals surface area contributed by atoms with Crippen molar-refractivity contribution in [2.45, 2.75) is 31.3 Å². The topological polar surface area (TPSA) is 63.3 Å². The monoisotopic (exact) mass is 440 g/mol. The Bertz CT molecular complexity index is 1470. The first kappa shape index (κ1) is 19.4. The maximum absolute atomic E-state index is 10.3. The molecule has 158 valence electrons. The van der Waals surface area contributed by atoms with Gasteiger partial charge in [0, 0.05) is 34.8 Å². The lowest BCUT2D eigenvalue weighted by Gasteiger charge is -2.40. The van der Waals surface area contributed by atoms with Crippen LogP contribution in [0.25, 0.3) is 38.9 Å². The van der Waals surface area contributed by atoms with Gasteiger partial charge in [0.1, 0.15) is 11.3 Å². The number of halogens is 1. The van der Waals surface area contributed by atoms with E-state index < -0.39 is 5.60 Å². The van der Waals surface area contributed by atoms with Crippen LogP contribution in [0.4, 0.5) is 0 Å². The summed E-state index contributed by atoms with van der Waals surface area (Å²) < 4.78 is 2.02. The number of aliphatic hydroxyl groups is 1. The molecule has 0 radical (unpaired) electrons. The molecule has 0 saturated heterocycles. The lowest BCUT2D eigenvalue weighted by atomic mass is 9.72. The first-order valence-electron chi connectivity index (χ1n) is 10.7. The average molecular weight is 441 g/mol. The molecule has 1 fully saturated rings. The van der Waals surface area contributed by atoms with Crippen molar-refractivity contribution in [3.05, 3.63) is 84.0 Å². The quantitative estimate of drug-likeness (QED) is 0.379. The molecule has 2 aromatic carbocycles. The number of nitrogens with zero attached hydrogens (tertiary/aromatic N) is 4. The maximum Gasteiger partial charge on any atom is 0.155 e. The molecule has 1 N–H and O–H groups in total. The van der Waals surface area contributed by atoms with Crippen molar-refractivity contribution in [3.8, 4) is 22.5 Å². The fourth-order valence-corrected chi connectivity index (χ4v) is 4.97. The van der Waals surface area contributed by atoms with Crippen LogP contribution in [-0.2, 0) is 0 Å². The summed E-state index contributed by atoms with van der Waals surface area (Å²) in [6, 6.07) is 20.5. The van der Waals surface area contributed by atoms with Crippen molar-refractivity contribution in [1.82, 2.24) is 19.4 Å². The Hall–Kier alpha value is -3.28. The molecule has 32 heavy (non-hydrogen) atoms. The van der Waals surface area contributed by atoms with Gasteiger partial charge in [-0.3, -0.25) is 4.40 Å². The van der Waals surface area contributed by atoms with Crippen molar-refractivity contribution < 1.29 is 5.11 Å². The van der Waals surface area contributed by atoms with E-state index in [1.165, 1.54) is 0 Å². The SMILES string of the molecule is C[C@]1(O)C[C@@H](c2nc(-c3ccc4ccc(-c5ccccc5)nc4c3)c3c(Cl)nccn32)C1. The number of imidazole rings is 1. The first-order valence-corrected chi connectivity index (χ1v) is 11.1. The van der Waals surface area contributed by atoms with Gasteiger partial charge in [0.15, 0.2) is 5.15 Å². The summed E-state index contributed by atoms with van der Waals surface area (Å²) in [7, 11) is 0. The van der Waals surface area contributed by atoms with Crippen LogP contribution in [0, 0.1) is 0 Å². The largest absolute Gasteiger partial charge is 0.390 e. The van der Waals surface area contributed by atoms with Crippen LogP contribution in [-0.4, -0.2) is 30.1 Å². The molecule has 0 amide bonds. The maximum atomic E-state index is 10.3. The van der Waals surface area contributed by atoms with E-state index in [1.54, 1.807) is 6.20 Å². The number of pyridine rings is 1. The van der Waals surface area contributed by atoms with Crippen LogP contribution in [0.3, 0.4) is 0 Å². The molecule has 0 atom stereocenters. The van der Waals surface area contributed by atoms with Crippen molar-refractivity contribution in [2.24, 2.45) is 0 Å². The number of aromatic nitrogens is 4. The minimum absolute atomic E-state index is 0.188. The molecule has 0 aliphatic heterocycles. The summed E-state index contributed by atoms with van der Waals surface area (Å²) in [4.78, 5) is 14.2. The molecule has 0 spiro atoms.